The van der Waals surface area contributed by atoms with Crippen molar-refractivity contribution in [2.45, 2.75) is 25.4 Å². The van der Waals surface area contributed by atoms with Gasteiger partial charge in [-0.05, 0) is 25.1 Å². The summed E-state index contributed by atoms with van der Waals surface area (Å²) in [7, 11) is 3.25. The van der Waals surface area contributed by atoms with Crippen LogP contribution in [0.4, 0.5) is 0 Å². The Balaban J connectivity index is 1.98. The fourth-order valence-corrected chi connectivity index (χ4v) is 3.48. The molecule has 0 bridgehead atoms. The highest BCUT2D eigenvalue weighted by Gasteiger charge is 2.19. The van der Waals surface area contributed by atoms with Crippen molar-refractivity contribution in [3.05, 3.63) is 23.8 Å². The van der Waals surface area contributed by atoms with Gasteiger partial charge in [-0.15, -0.1) is 0 Å². The molecule has 5 nitrogen and oxygen atoms in total. The van der Waals surface area contributed by atoms with Crippen LogP contribution in [0.25, 0.3) is 0 Å². The van der Waals surface area contributed by atoms with Crippen molar-refractivity contribution in [1.29, 1.82) is 0 Å². The number of carbonyl (C=O) groups is 1. The van der Waals surface area contributed by atoms with Gasteiger partial charge in [0.2, 0.25) is 5.91 Å². The average molecular weight is 324 g/mol. The molecule has 0 aliphatic carbocycles. The van der Waals surface area contributed by atoms with Crippen LogP contribution >= 0.6 is 11.8 Å². The van der Waals surface area contributed by atoms with Crippen molar-refractivity contribution in [3.63, 3.8) is 0 Å². The van der Waals surface area contributed by atoms with E-state index >= 15 is 0 Å². The second-order valence-electron chi connectivity index (χ2n) is 5.33. The summed E-state index contributed by atoms with van der Waals surface area (Å²) in [4.78, 5) is 12.2. The Bertz CT molecular complexity index is 504. The van der Waals surface area contributed by atoms with Crippen molar-refractivity contribution >= 4 is 17.7 Å². The van der Waals surface area contributed by atoms with Gasteiger partial charge in [0.05, 0.1) is 20.3 Å². The Morgan fingerprint density at radius 2 is 2.27 bits per heavy atom. The van der Waals surface area contributed by atoms with Gasteiger partial charge < -0.3 is 20.1 Å². The summed E-state index contributed by atoms with van der Waals surface area (Å²) in [6.45, 7) is 2.93. The lowest BCUT2D eigenvalue weighted by molar-refractivity contribution is -0.122. The largest absolute Gasteiger partial charge is 0.497 e. The fourth-order valence-electron chi connectivity index (χ4n) is 2.53. The maximum atomic E-state index is 12.2. The number of ether oxygens (including phenoxy) is 2. The standard InChI is InChI=1S/C16H24N2O3S/c1-11(14-9-13(20-2)4-5-15(14)21-3)18-16(19)8-12-10-22-7-6-17-12/h4-5,9,11-12,17H,6-8,10H2,1-3H3,(H,18,19). The Kier molecular flexibility index (Phi) is 6.39. The van der Waals surface area contributed by atoms with E-state index in [2.05, 4.69) is 10.6 Å². The summed E-state index contributed by atoms with van der Waals surface area (Å²) >= 11 is 1.89. The van der Waals surface area contributed by atoms with Crippen LogP contribution in [-0.2, 0) is 4.79 Å². The van der Waals surface area contributed by atoms with Crippen LogP contribution in [0.5, 0.6) is 11.5 Å². The minimum absolute atomic E-state index is 0.0531. The van der Waals surface area contributed by atoms with Gasteiger partial charge in [0.1, 0.15) is 11.5 Å². The van der Waals surface area contributed by atoms with Gasteiger partial charge in [0, 0.05) is 36.1 Å². The third kappa shape index (κ3) is 4.55. The fraction of sp³-hybridized carbons (Fsp3) is 0.562. The van der Waals surface area contributed by atoms with Gasteiger partial charge in [-0.2, -0.15) is 11.8 Å². The zero-order valence-corrected chi connectivity index (χ0v) is 14.2. The molecule has 1 amide bonds. The first-order valence-corrected chi connectivity index (χ1v) is 8.62. The van der Waals surface area contributed by atoms with Gasteiger partial charge in [0.15, 0.2) is 0 Å². The van der Waals surface area contributed by atoms with Gasteiger partial charge in [-0.3, -0.25) is 4.79 Å². The van der Waals surface area contributed by atoms with Gasteiger partial charge in [-0.25, -0.2) is 0 Å². The lowest BCUT2D eigenvalue weighted by atomic mass is 10.1. The Hall–Kier alpha value is -1.40. The van der Waals surface area contributed by atoms with Gasteiger partial charge >= 0.3 is 0 Å². The zero-order chi connectivity index (χ0) is 15.9. The smallest absolute Gasteiger partial charge is 0.222 e. The highest BCUT2D eigenvalue weighted by molar-refractivity contribution is 7.99. The van der Waals surface area contributed by atoms with Crippen LogP contribution in [0, 0.1) is 0 Å². The van der Waals surface area contributed by atoms with Crippen LogP contribution in [0.2, 0.25) is 0 Å². The number of thioether (sulfide) groups is 1. The third-order valence-electron chi connectivity index (χ3n) is 3.71. The van der Waals surface area contributed by atoms with Crippen molar-refractivity contribution in [2.75, 3.05) is 32.3 Å². The summed E-state index contributed by atoms with van der Waals surface area (Å²) in [5.41, 5.74) is 0.918. The number of amides is 1. The minimum atomic E-state index is -0.131. The molecule has 1 aromatic rings. The number of carbonyl (C=O) groups excluding carboxylic acids is 1. The second kappa shape index (κ2) is 8.29. The Morgan fingerprint density at radius 3 is 2.91 bits per heavy atom. The van der Waals surface area contributed by atoms with Crippen molar-refractivity contribution in [3.8, 4) is 11.5 Å². The topological polar surface area (TPSA) is 59.6 Å². The number of benzene rings is 1. The molecule has 0 radical (unpaired) electrons. The van der Waals surface area contributed by atoms with Crippen molar-refractivity contribution in [1.82, 2.24) is 10.6 Å². The molecule has 1 fully saturated rings. The zero-order valence-electron chi connectivity index (χ0n) is 13.3. The van der Waals surface area contributed by atoms with Crippen LogP contribution < -0.4 is 20.1 Å². The molecular weight excluding hydrogens is 300 g/mol. The molecule has 0 spiro atoms. The van der Waals surface area contributed by atoms with E-state index in [1.54, 1.807) is 14.2 Å². The third-order valence-corrected chi connectivity index (χ3v) is 4.84. The van der Waals surface area contributed by atoms with Crippen LogP contribution in [0.1, 0.15) is 24.9 Å². The monoisotopic (exact) mass is 324 g/mol. The van der Waals surface area contributed by atoms with E-state index < -0.39 is 0 Å². The lowest BCUT2D eigenvalue weighted by Crippen LogP contribution is -2.41. The molecule has 1 aromatic carbocycles. The van der Waals surface area contributed by atoms with Gasteiger partial charge in [0.25, 0.3) is 0 Å². The van der Waals surface area contributed by atoms with E-state index in [1.807, 2.05) is 36.9 Å². The first kappa shape index (κ1) is 17.0. The van der Waals surface area contributed by atoms with E-state index in [0.717, 1.165) is 35.1 Å². The molecule has 1 saturated heterocycles. The second-order valence-corrected chi connectivity index (χ2v) is 6.48. The molecular formula is C16H24N2O3S. The van der Waals surface area contributed by atoms with E-state index in [9.17, 15) is 4.79 Å². The summed E-state index contributed by atoms with van der Waals surface area (Å²) < 4.78 is 10.6. The Labute approximate surface area is 136 Å². The molecule has 22 heavy (non-hydrogen) atoms. The SMILES string of the molecule is COc1ccc(OC)c(C(C)NC(=O)CC2CSCCN2)c1. The lowest BCUT2D eigenvalue weighted by Gasteiger charge is -2.24. The molecule has 1 aliphatic rings. The minimum Gasteiger partial charge on any atom is -0.497 e. The molecule has 2 unspecified atom stereocenters. The molecule has 1 heterocycles. The predicted molar refractivity (Wildman–Crippen MR) is 89.8 cm³/mol. The summed E-state index contributed by atoms with van der Waals surface area (Å²) in [6.07, 6.45) is 0.504. The average Bonchev–Trinajstić information content (AvgIpc) is 2.54. The number of rotatable bonds is 6. The maximum Gasteiger partial charge on any atom is 0.222 e. The van der Waals surface area contributed by atoms with Gasteiger partial charge in [-0.1, -0.05) is 0 Å². The van der Waals surface area contributed by atoms with Crippen LogP contribution in [0.3, 0.4) is 0 Å². The molecule has 0 aromatic heterocycles. The molecule has 1 aliphatic heterocycles. The predicted octanol–water partition coefficient (Wildman–Crippen LogP) is 1.98. The number of methoxy groups -OCH3 is 2. The number of hydrogen-bond donors (Lipinski definition) is 2. The van der Waals surface area contributed by atoms with E-state index in [4.69, 9.17) is 9.47 Å². The van der Waals surface area contributed by atoms with Crippen LogP contribution in [0.15, 0.2) is 18.2 Å². The number of hydrogen-bond acceptors (Lipinski definition) is 5. The summed E-state index contributed by atoms with van der Waals surface area (Å²) in [5, 5.41) is 6.42. The first-order chi connectivity index (χ1) is 10.6. The molecule has 2 rings (SSSR count). The maximum absolute atomic E-state index is 12.2. The van der Waals surface area contributed by atoms with E-state index in [1.165, 1.54) is 0 Å². The normalized spacial score (nSPS) is 19.3. The Morgan fingerprint density at radius 1 is 1.45 bits per heavy atom. The highest BCUT2D eigenvalue weighted by Crippen LogP contribution is 2.29. The quantitative estimate of drug-likeness (QED) is 0.838. The number of nitrogens with one attached hydrogen (secondary N) is 2. The molecule has 2 N–H and O–H groups in total. The first-order valence-electron chi connectivity index (χ1n) is 7.46. The van der Waals surface area contributed by atoms with E-state index in [0.29, 0.717) is 6.42 Å². The van der Waals surface area contributed by atoms with Crippen LogP contribution in [-0.4, -0.2) is 44.2 Å². The van der Waals surface area contributed by atoms with E-state index in [-0.39, 0.29) is 18.0 Å². The molecule has 0 saturated carbocycles. The van der Waals surface area contributed by atoms with Crippen molar-refractivity contribution < 1.29 is 14.3 Å². The highest BCUT2D eigenvalue weighted by atomic mass is 32.2. The summed E-state index contributed by atoms with van der Waals surface area (Å²) in [5.74, 6) is 3.67. The molecule has 2 atom stereocenters. The van der Waals surface area contributed by atoms with Crippen molar-refractivity contribution in [2.24, 2.45) is 0 Å². The molecule has 122 valence electrons. The molecule has 6 heteroatoms. The summed E-state index contributed by atoms with van der Waals surface area (Å²) in [6, 6.07) is 5.74.